The maximum atomic E-state index is 13.4. The molecule has 0 spiro atoms. The van der Waals surface area contributed by atoms with E-state index < -0.39 is 11.5 Å². The first-order valence-electron chi connectivity index (χ1n) is 10.8. The van der Waals surface area contributed by atoms with Gasteiger partial charge in [-0.2, -0.15) is 0 Å². The fraction of sp³-hybridized carbons (Fsp3) is 0.185. The van der Waals surface area contributed by atoms with Gasteiger partial charge in [-0.25, -0.2) is 0 Å². The van der Waals surface area contributed by atoms with Gasteiger partial charge in [0.25, 0.3) is 5.91 Å². The molecule has 6 heteroatoms. The van der Waals surface area contributed by atoms with Crippen LogP contribution in [0, 0.1) is 0 Å². The summed E-state index contributed by atoms with van der Waals surface area (Å²) in [6.45, 7) is 1.15. The van der Waals surface area contributed by atoms with E-state index in [2.05, 4.69) is 0 Å². The van der Waals surface area contributed by atoms with Crippen LogP contribution < -0.4 is 14.4 Å². The molecule has 0 aliphatic carbocycles. The second kappa shape index (κ2) is 8.56. The summed E-state index contributed by atoms with van der Waals surface area (Å²) >= 11 is 0. The third kappa shape index (κ3) is 3.90. The lowest BCUT2D eigenvalue weighted by Crippen LogP contribution is -2.42. The van der Waals surface area contributed by atoms with Crippen molar-refractivity contribution in [1.29, 1.82) is 0 Å². The molecule has 3 aromatic carbocycles. The number of ether oxygens (including phenoxy) is 2. The minimum absolute atomic E-state index is 0.283. The SMILES string of the molecule is O=C(C[C@@]1(O)C(=O)N(C/C=C/c2ccccc2)c2ccccc21)c1ccc2c(c1)OCCO2. The van der Waals surface area contributed by atoms with Gasteiger partial charge in [0.15, 0.2) is 22.9 Å². The molecule has 1 atom stereocenters. The lowest BCUT2D eigenvalue weighted by molar-refractivity contribution is -0.135. The number of carbonyl (C=O) groups excluding carboxylic acids is 2. The molecule has 0 aromatic heterocycles. The van der Waals surface area contributed by atoms with Gasteiger partial charge in [0.05, 0.1) is 12.1 Å². The Morgan fingerprint density at radius 1 is 0.970 bits per heavy atom. The molecule has 166 valence electrons. The van der Waals surface area contributed by atoms with Crippen LogP contribution in [0.2, 0.25) is 0 Å². The van der Waals surface area contributed by atoms with E-state index in [4.69, 9.17) is 9.47 Å². The van der Waals surface area contributed by atoms with Gasteiger partial charge in [0.1, 0.15) is 13.2 Å². The van der Waals surface area contributed by atoms with Crippen molar-refractivity contribution in [3.63, 3.8) is 0 Å². The molecule has 1 N–H and O–H groups in total. The van der Waals surface area contributed by atoms with Crippen LogP contribution in [0.3, 0.4) is 0 Å². The van der Waals surface area contributed by atoms with E-state index in [9.17, 15) is 14.7 Å². The number of para-hydroxylation sites is 1. The van der Waals surface area contributed by atoms with E-state index in [1.165, 1.54) is 4.90 Å². The molecule has 0 radical (unpaired) electrons. The van der Waals surface area contributed by atoms with Crippen molar-refractivity contribution in [3.8, 4) is 11.5 Å². The number of rotatable bonds is 6. The maximum absolute atomic E-state index is 13.4. The zero-order valence-electron chi connectivity index (χ0n) is 17.9. The zero-order chi connectivity index (χ0) is 22.8. The lowest BCUT2D eigenvalue weighted by atomic mass is 9.88. The number of fused-ring (bicyclic) bond motifs is 2. The van der Waals surface area contributed by atoms with Crippen LogP contribution in [0.15, 0.2) is 78.9 Å². The van der Waals surface area contributed by atoms with Crippen LogP contribution in [0.25, 0.3) is 6.08 Å². The van der Waals surface area contributed by atoms with Gasteiger partial charge in [0.2, 0.25) is 0 Å². The number of hydrogen-bond donors (Lipinski definition) is 1. The molecule has 0 saturated heterocycles. The standard InChI is InChI=1S/C27H23NO5/c29-23(20-12-13-24-25(17-20)33-16-15-32-24)18-27(31)21-10-4-5-11-22(21)28(26(27)30)14-6-9-19-7-2-1-3-8-19/h1-13,17,31H,14-16,18H2/b9-6+/t27-/m0/s1. The Morgan fingerprint density at radius 2 is 1.70 bits per heavy atom. The molecule has 0 unspecified atom stereocenters. The van der Waals surface area contributed by atoms with Gasteiger partial charge >= 0.3 is 0 Å². The normalized spacial score (nSPS) is 19.1. The van der Waals surface area contributed by atoms with E-state index in [-0.39, 0.29) is 18.7 Å². The molecule has 2 aliphatic heterocycles. The number of hydrogen-bond acceptors (Lipinski definition) is 5. The van der Waals surface area contributed by atoms with Gasteiger partial charge in [0, 0.05) is 17.7 Å². The number of benzene rings is 3. The monoisotopic (exact) mass is 441 g/mol. The first kappa shape index (κ1) is 21.0. The lowest BCUT2D eigenvalue weighted by Gasteiger charge is -2.23. The van der Waals surface area contributed by atoms with Crippen molar-refractivity contribution >= 4 is 23.5 Å². The Hall–Kier alpha value is -3.90. The van der Waals surface area contributed by atoms with Crippen molar-refractivity contribution < 1.29 is 24.2 Å². The maximum Gasteiger partial charge on any atom is 0.264 e. The molecule has 0 bridgehead atoms. The summed E-state index contributed by atoms with van der Waals surface area (Å²) in [5.74, 6) is 0.215. The Kier molecular flexibility index (Phi) is 5.44. The van der Waals surface area contributed by atoms with Crippen LogP contribution in [0.1, 0.15) is 27.9 Å². The fourth-order valence-corrected chi connectivity index (χ4v) is 4.27. The first-order valence-corrected chi connectivity index (χ1v) is 10.8. The number of anilines is 1. The number of ketones is 1. The Morgan fingerprint density at radius 3 is 2.52 bits per heavy atom. The Bertz CT molecular complexity index is 1240. The van der Waals surface area contributed by atoms with Gasteiger partial charge < -0.3 is 19.5 Å². The van der Waals surface area contributed by atoms with Gasteiger partial charge in [-0.05, 0) is 29.8 Å². The highest BCUT2D eigenvalue weighted by atomic mass is 16.6. The first-order chi connectivity index (χ1) is 16.1. The van der Waals surface area contributed by atoms with E-state index in [1.807, 2.05) is 48.6 Å². The molecular weight excluding hydrogens is 418 g/mol. The molecule has 5 rings (SSSR count). The van der Waals surface area contributed by atoms with Crippen LogP contribution >= 0.6 is 0 Å². The topological polar surface area (TPSA) is 76.1 Å². The van der Waals surface area contributed by atoms with Gasteiger partial charge in [-0.3, -0.25) is 9.59 Å². The Balaban J connectivity index is 1.39. The van der Waals surface area contributed by atoms with Crippen molar-refractivity contribution in [1.82, 2.24) is 0 Å². The number of nitrogens with zero attached hydrogens (tertiary/aromatic N) is 1. The summed E-state index contributed by atoms with van der Waals surface area (Å²) in [6.07, 6.45) is 3.44. The minimum Gasteiger partial charge on any atom is -0.486 e. The smallest absolute Gasteiger partial charge is 0.264 e. The molecule has 0 saturated carbocycles. The zero-order valence-corrected chi connectivity index (χ0v) is 17.9. The number of amides is 1. The second-order valence-corrected chi connectivity index (χ2v) is 8.06. The van der Waals surface area contributed by atoms with Crippen molar-refractivity contribution in [3.05, 3.63) is 95.6 Å². The average molecular weight is 441 g/mol. The quantitative estimate of drug-likeness (QED) is 0.586. The third-order valence-corrected chi connectivity index (χ3v) is 5.92. The van der Waals surface area contributed by atoms with Crippen LogP contribution in [0.4, 0.5) is 5.69 Å². The van der Waals surface area contributed by atoms with Gasteiger partial charge in [-0.15, -0.1) is 0 Å². The largest absolute Gasteiger partial charge is 0.486 e. The number of Topliss-reactive ketones (excluding diaryl/α,β-unsaturated/α-hetero) is 1. The second-order valence-electron chi connectivity index (χ2n) is 8.06. The molecule has 2 aliphatic rings. The highest BCUT2D eigenvalue weighted by Crippen LogP contribution is 2.43. The number of aliphatic hydroxyl groups is 1. The molecule has 6 nitrogen and oxygen atoms in total. The third-order valence-electron chi connectivity index (χ3n) is 5.92. The summed E-state index contributed by atoms with van der Waals surface area (Å²) in [5, 5.41) is 11.5. The van der Waals surface area contributed by atoms with Crippen molar-refractivity contribution in [2.45, 2.75) is 12.0 Å². The van der Waals surface area contributed by atoms with Crippen LogP contribution in [0.5, 0.6) is 11.5 Å². The minimum atomic E-state index is -1.93. The summed E-state index contributed by atoms with van der Waals surface area (Å²) in [5.41, 5.74) is 0.496. The Labute approximate surface area is 191 Å². The van der Waals surface area contributed by atoms with Crippen molar-refractivity contribution in [2.24, 2.45) is 0 Å². The average Bonchev–Trinajstić information content (AvgIpc) is 3.06. The predicted octanol–water partition coefficient (Wildman–Crippen LogP) is 3.98. The van der Waals surface area contributed by atoms with Crippen LogP contribution in [-0.4, -0.2) is 36.6 Å². The highest BCUT2D eigenvalue weighted by molar-refractivity contribution is 6.11. The van der Waals surface area contributed by atoms with E-state index >= 15 is 0 Å². The summed E-state index contributed by atoms with van der Waals surface area (Å²) in [4.78, 5) is 28.0. The summed E-state index contributed by atoms with van der Waals surface area (Å²) < 4.78 is 11.1. The summed E-state index contributed by atoms with van der Waals surface area (Å²) in [7, 11) is 0. The molecule has 2 heterocycles. The van der Waals surface area contributed by atoms with Crippen molar-refractivity contribution in [2.75, 3.05) is 24.7 Å². The predicted molar refractivity (Wildman–Crippen MR) is 125 cm³/mol. The fourth-order valence-electron chi connectivity index (χ4n) is 4.27. The van der Waals surface area contributed by atoms with Crippen LogP contribution in [-0.2, 0) is 10.4 Å². The molecule has 3 aromatic rings. The molecule has 33 heavy (non-hydrogen) atoms. The summed E-state index contributed by atoms with van der Waals surface area (Å²) in [6, 6.07) is 21.7. The van der Waals surface area contributed by atoms with E-state index in [0.29, 0.717) is 41.5 Å². The van der Waals surface area contributed by atoms with E-state index in [1.54, 1.807) is 36.4 Å². The number of carbonyl (C=O) groups is 2. The highest BCUT2D eigenvalue weighted by Gasteiger charge is 2.50. The van der Waals surface area contributed by atoms with Gasteiger partial charge in [-0.1, -0.05) is 60.7 Å². The molecular formula is C27H23NO5. The van der Waals surface area contributed by atoms with E-state index in [0.717, 1.165) is 5.56 Å². The molecule has 0 fully saturated rings. The molecule has 1 amide bonds.